The maximum atomic E-state index is 10.6. The van der Waals surface area contributed by atoms with Gasteiger partial charge in [0.15, 0.2) is 6.29 Å². The van der Waals surface area contributed by atoms with Crippen molar-refractivity contribution in [2.45, 2.75) is 0 Å². The van der Waals surface area contributed by atoms with Crippen molar-refractivity contribution < 1.29 is 4.79 Å². The highest BCUT2D eigenvalue weighted by Crippen LogP contribution is 2.19. The van der Waals surface area contributed by atoms with Crippen molar-refractivity contribution in [2.75, 3.05) is 18.4 Å². The lowest BCUT2D eigenvalue weighted by molar-refractivity contribution is 0.112. The molecule has 0 aliphatic heterocycles. The van der Waals surface area contributed by atoms with Crippen LogP contribution in [-0.2, 0) is 0 Å². The van der Waals surface area contributed by atoms with Gasteiger partial charge in [-0.15, -0.1) is 0 Å². The molecule has 0 amide bonds. The van der Waals surface area contributed by atoms with E-state index in [9.17, 15) is 4.79 Å². The van der Waals surface area contributed by atoms with Crippen molar-refractivity contribution in [1.82, 2.24) is 4.98 Å². The first kappa shape index (κ1) is 9.95. The summed E-state index contributed by atoms with van der Waals surface area (Å²) in [5, 5.41) is 3.30. The Bertz CT molecular complexity index is 303. The molecule has 3 N–H and O–H groups in total. The number of halogens is 1. The molecule has 0 saturated carbocycles. The topological polar surface area (TPSA) is 68.0 Å². The number of nitrogens with one attached hydrogen (secondary N) is 1. The average Bonchev–Trinajstić information content (AvgIpc) is 2.15. The normalized spacial score (nSPS) is 9.69. The second-order valence-corrected chi connectivity index (χ2v) is 2.80. The lowest BCUT2D eigenvalue weighted by Gasteiger charge is -2.06. The van der Waals surface area contributed by atoms with E-state index in [0.717, 1.165) is 0 Å². The minimum absolute atomic E-state index is 0.373. The molecule has 0 aromatic carbocycles. The van der Waals surface area contributed by atoms with E-state index in [2.05, 4.69) is 10.3 Å². The summed E-state index contributed by atoms with van der Waals surface area (Å²) in [5.74, 6) is 0.480. The number of carbonyl (C=O) groups is 1. The van der Waals surface area contributed by atoms with E-state index < -0.39 is 0 Å². The minimum atomic E-state index is 0.373. The van der Waals surface area contributed by atoms with E-state index in [0.29, 0.717) is 35.8 Å². The molecule has 0 aliphatic rings. The number of hydrogen-bond acceptors (Lipinski definition) is 4. The maximum absolute atomic E-state index is 10.6. The Balaban J connectivity index is 2.91. The predicted octanol–water partition coefficient (Wildman–Crippen LogP) is 0.918. The van der Waals surface area contributed by atoms with Crippen LogP contribution in [0.2, 0.25) is 5.02 Å². The third kappa shape index (κ3) is 2.40. The van der Waals surface area contributed by atoms with Crippen LogP contribution < -0.4 is 11.1 Å². The molecule has 0 spiro atoms. The minimum Gasteiger partial charge on any atom is -0.368 e. The van der Waals surface area contributed by atoms with Gasteiger partial charge < -0.3 is 11.1 Å². The molecule has 13 heavy (non-hydrogen) atoms. The molecule has 70 valence electrons. The monoisotopic (exact) mass is 199 g/mol. The number of carbonyl (C=O) groups excluding carboxylic acids is 1. The largest absolute Gasteiger partial charge is 0.368 e. The lowest BCUT2D eigenvalue weighted by Crippen LogP contribution is -2.15. The number of rotatable bonds is 4. The van der Waals surface area contributed by atoms with Crippen LogP contribution in [0.5, 0.6) is 0 Å². The Labute approximate surface area is 81.1 Å². The molecule has 0 radical (unpaired) electrons. The van der Waals surface area contributed by atoms with Crippen molar-refractivity contribution in [3.05, 3.63) is 22.8 Å². The molecule has 1 aromatic heterocycles. The van der Waals surface area contributed by atoms with E-state index >= 15 is 0 Å². The Morgan fingerprint density at radius 2 is 2.46 bits per heavy atom. The second kappa shape index (κ2) is 4.79. The van der Waals surface area contributed by atoms with Crippen LogP contribution >= 0.6 is 11.6 Å². The van der Waals surface area contributed by atoms with Crippen LogP contribution in [-0.4, -0.2) is 24.4 Å². The fourth-order valence-corrected chi connectivity index (χ4v) is 1.08. The number of nitrogens with two attached hydrogens (primary N) is 1. The van der Waals surface area contributed by atoms with Gasteiger partial charge in [0.25, 0.3) is 0 Å². The standard InChI is InChI=1S/C8H10ClN3O/c9-7-1-3-11-8(6(7)5-13)12-4-2-10/h1,3,5H,2,4,10H2,(H,11,12). The Morgan fingerprint density at radius 3 is 3.08 bits per heavy atom. The molecular weight excluding hydrogens is 190 g/mol. The fraction of sp³-hybridized carbons (Fsp3) is 0.250. The third-order valence-corrected chi connectivity index (χ3v) is 1.82. The van der Waals surface area contributed by atoms with Crippen molar-refractivity contribution in [3.63, 3.8) is 0 Å². The number of pyridine rings is 1. The van der Waals surface area contributed by atoms with Crippen molar-refractivity contribution in [1.29, 1.82) is 0 Å². The number of hydrogen-bond donors (Lipinski definition) is 2. The van der Waals surface area contributed by atoms with E-state index in [4.69, 9.17) is 17.3 Å². The molecule has 0 saturated heterocycles. The highest BCUT2D eigenvalue weighted by Gasteiger charge is 2.05. The molecule has 0 aliphatic carbocycles. The summed E-state index contributed by atoms with van der Waals surface area (Å²) in [6.45, 7) is 1.04. The zero-order valence-corrected chi connectivity index (χ0v) is 7.71. The number of aldehydes is 1. The zero-order valence-electron chi connectivity index (χ0n) is 6.96. The van der Waals surface area contributed by atoms with Gasteiger partial charge in [0.2, 0.25) is 0 Å². The second-order valence-electron chi connectivity index (χ2n) is 2.39. The summed E-state index contributed by atoms with van der Waals surface area (Å²) in [7, 11) is 0. The summed E-state index contributed by atoms with van der Waals surface area (Å²) >= 11 is 5.77. The fourth-order valence-electron chi connectivity index (χ4n) is 0.893. The first-order chi connectivity index (χ1) is 6.29. The summed E-state index contributed by atoms with van der Waals surface area (Å²) < 4.78 is 0. The summed E-state index contributed by atoms with van der Waals surface area (Å²) in [6.07, 6.45) is 2.21. The summed E-state index contributed by atoms with van der Waals surface area (Å²) in [4.78, 5) is 14.6. The summed E-state index contributed by atoms with van der Waals surface area (Å²) in [5.41, 5.74) is 5.67. The van der Waals surface area contributed by atoms with Crippen LogP contribution in [0.4, 0.5) is 5.82 Å². The number of anilines is 1. The average molecular weight is 200 g/mol. The van der Waals surface area contributed by atoms with Crippen LogP contribution in [0.3, 0.4) is 0 Å². The third-order valence-electron chi connectivity index (χ3n) is 1.49. The van der Waals surface area contributed by atoms with Gasteiger partial charge in [-0.2, -0.15) is 0 Å². The maximum Gasteiger partial charge on any atom is 0.155 e. The lowest BCUT2D eigenvalue weighted by atomic mass is 10.3. The highest BCUT2D eigenvalue weighted by atomic mass is 35.5. The van der Waals surface area contributed by atoms with Gasteiger partial charge in [0, 0.05) is 19.3 Å². The van der Waals surface area contributed by atoms with Gasteiger partial charge >= 0.3 is 0 Å². The first-order valence-corrected chi connectivity index (χ1v) is 4.21. The van der Waals surface area contributed by atoms with Crippen molar-refractivity contribution in [2.24, 2.45) is 5.73 Å². The zero-order chi connectivity index (χ0) is 9.68. The van der Waals surface area contributed by atoms with Gasteiger partial charge in [0.1, 0.15) is 5.82 Å². The molecule has 1 heterocycles. The van der Waals surface area contributed by atoms with Crippen molar-refractivity contribution >= 4 is 23.7 Å². The first-order valence-electron chi connectivity index (χ1n) is 3.83. The Morgan fingerprint density at radius 1 is 1.69 bits per heavy atom. The van der Waals surface area contributed by atoms with E-state index in [1.54, 1.807) is 6.07 Å². The molecule has 0 unspecified atom stereocenters. The van der Waals surface area contributed by atoms with Crippen molar-refractivity contribution in [3.8, 4) is 0 Å². The number of aromatic nitrogens is 1. The molecule has 0 fully saturated rings. The smallest absolute Gasteiger partial charge is 0.155 e. The predicted molar refractivity (Wildman–Crippen MR) is 52.2 cm³/mol. The van der Waals surface area contributed by atoms with Gasteiger partial charge in [-0.25, -0.2) is 4.98 Å². The molecule has 0 atom stereocenters. The van der Waals surface area contributed by atoms with Crippen LogP contribution in [0.1, 0.15) is 10.4 Å². The molecule has 0 bridgehead atoms. The molecule has 1 rings (SSSR count). The Hall–Kier alpha value is -1.13. The molecule has 1 aromatic rings. The van der Waals surface area contributed by atoms with Gasteiger partial charge in [0.05, 0.1) is 10.6 Å². The molecular formula is C8H10ClN3O. The quantitative estimate of drug-likeness (QED) is 0.708. The van der Waals surface area contributed by atoms with Gasteiger partial charge in [-0.1, -0.05) is 11.6 Å². The Kier molecular flexibility index (Phi) is 3.67. The molecule has 4 nitrogen and oxygen atoms in total. The SMILES string of the molecule is NCCNc1nccc(Cl)c1C=O. The van der Waals surface area contributed by atoms with E-state index in [1.807, 2.05) is 0 Å². The van der Waals surface area contributed by atoms with Crippen LogP contribution in [0, 0.1) is 0 Å². The molecule has 5 heteroatoms. The van der Waals surface area contributed by atoms with E-state index in [1.165, 1.54) is 6.20 Å². The van der Waals surface area contributed by atoms with Crippen LogP contribution in [0.15, 0.2) is 12.3 Å². The van der Waals surface area contributed by atoms with Crippen LogP contribution in [0.25, 0.3) is 0 Å². The van der Waals surface area contributed by atoms with Gasteiger partial charge in [-0.05, 0) is 6.07 Å². The summed E-state index contributed by atoms with van der Waals surface area (Å²) in [6, 6.07) is 1.57. The van der Waals surface area contributed by atoms with E-state index in [-0.39, 0.29) is 0 Å². The highest BCUT2D eigenvalue weighted by molar-refractivity contribution is 6.33. The number of nitrogens with zero attached hydrogens (tertiary/aromatic N) is 1. The van der Waals surface area contributed by atoms with Gasteiger partial charge in [-0.3, -0.25) is 4.79 Å².